The van der Waals surface area contributed by atoms with Gasteiger partial charge >= 0.3 is 0 Å². The zero-order valence-corrected chi connectivity index (χ0v) is 9.86. The number of nitrogens with two attached hydrogens (primary N) is 1. The fraction of sp³-hybridized carbons (Fsp3) is 0.250. The van der Waals surface area contributed by atoms with Crippen molar-refractivity contribution in [3.8, 4) is 6.07 Å². The maximum absolute atomic E-state index is 13.6. The van der Waals surface area contributed by atoms with Gasteiger partial charge in [0.15, 0.2) is 0 Å². The summed E-state index contributed by atoms with van der Waals surface area (Å²) in [4.78, 5) is 0. The minimum absolute atomic E-state index is 0.240. The molecule has 0 aliphatic rings. The number of thiophene rings is 1. The van der Waals surface area contributed by atoms with Gasteiger partial charge in [-0.25, -0.2) is 4.39 Å². The average molecular weight is 234 g/mol. The highest BCUT2D eigenvalue weighted by Crippen LogP contribution is 2.39. The molecule has 1 aromatic carbocycles. The molecule has 1 aromatic heterocycles. The summed E-state index contributed by atoms with van der Waals surface area (Å²) < 4.78 is 14.1. The number of nitrogen functional groups attached to an aromatic ring is 1. The quantitative estimate of drug-likeness (QED) is 0.819. The number of rotatable bonds is 1. The second kappa shape index (κ2) is 3.76. The molecule has 0 spiro atoms. The monoisotopic (exact) mass is 234 g/mol. The summed E-state index contributed by atoms with van der Waals surface area (Å²) in [6.45, 7) is 4.03. The van der Waals surface area contributed by atoms with Gasteiger partial charge in [-0.2, -0.15) is 5.26 Å². The van der Waals surface area contributed by atoms with Gasteiger partial charge in [-0.3, -0.25) is 0 Å². The number of nitrogens with zero attached hydrogens (tertiary/aromatic N) is 1. The molecule has 2 rings (SSSR count). The van der Waals surface area contributed by atoms with Crippen LogP contribution < -0.4 is 5.73 Å². The molecule has 0 aliphatic heterocycles. The summed E-state index contributed by atoms with van der Waals surface area (Å²) in [7, 11) is 0. The Morgan fingerprint density at radius 2 is 2.12 bits per heavy atom. The lowest BCUT2D eigenvalue weighted by molar-refractivity contribution is 0.641. The smallest absolute Gasteiger partial charge is 0.141 e. The lowest BCUT2D eigenvalue weighted by Crippen LogP contribution is -1.91. The number of hydrogen-bond acceptors (Lipinski definition) is 3. The van der Waals surface area contributed by atoms with Crippen LogP contribution in [0.25, 0.3) is 10.1 Å². The molecule has 4 heteroatoms. The molecule has 0 saturated carbocycles. The Kier molecular flexibility index (Phi) is 2.56. The molecule has 0 fully saturated rings. The van der Waals surface area contributed by atoms with E-state index < -0.39 is 0 Å². The number of anilines is 1. The highest BCUT2D eigenvalue weighted by Gasteiger charge is 2.17. The summed E-state index contributed by atoms with van der Waals surface area (Å²) in [5, 5.41) is 10.1. The van der Waals surface area contributed by atoms with Gasteiger partial charge in [0.25, 0.3) is 0 Å². The predicted molar refractivity (Wildman–Crippen MR) is 65.0 cm³/mol. The van der Waals surface area contributed by atoms with Crippen LogP contribution in [0.4, 0.5) is 9.39 Å². The molecule has 2 aromatic rings. The fourth-order valence-electron chi connectivity index (χ4n) is 1.81. The maximum atomic E-state index is 13.6. The number of benzene rings is 1. The number of halogens is 1. The van der Waals surface area contributed by atoms with Crippen LogP contribution in [-0.4, -0.2) is 0 Å². The minimum Gasteiger partial charge on any atom is -0.389 e. The van der Waals surface area contributed by atoms with Crippen LogP contribution in [0.15, 0.2) is 12.1 Å². The van der Waals surface area contributed by atoms with E-state index in [9.17, 15) is 4.39 Å². The van der Waals surface area contributed by atoms with Gasteiger partial charge in [-0.05, 0) is 17.5 Å². The predicted octanol–water partition coefficient (Wildman–Crippen LogP) is 3.62. The van der Waals surface area contributed by atoms with Crippen LogP contribution in [0.2, 0.25) is 0 Å². The van der Waals surface area contributed by atoms with E-state index in [1.165, 1.54) is 6.07 Å². The van der Waals surface area contributed by atoms with Crippen molar-refractivity contribution in [2.45, 2.75) is 19.8 Å². The van der Waals surface area contributed by atoms with E-state index in [1.54, 1.807) is 6.07 Å². The minimum atomic E-state index is -0.308. The zero-order valence-electron chi connectivity index (χ0n) is 9.04. The third kappa shape index (κ3) is 1.44. The molecule has 0 aliphatic carbocycles. The normalized spacial score (nSPS) is 10.9. The lowest BCUT2D eigenvalue weighted by atomic mass is 9.97. The highest BCUT2D eigenvalue weighted by atomic mass is 32.1. The summed E-state index contributed by atoms with van der Waals surface area (Å²) in [6.07, 6.45) is 0. The average Bonchev–Trinajstić information content (AvgIpc) is 2.55. The Labute approximate surface area is 97.1 Å². The van der Waals surface area contributed by atoms with Gasteiger partial charge in [0.05, 0.1) is 10.3 Å². The Balaban J connectivity index is 2.96. The molecular formula is C12H11FN2S. The van der Waals surface area contributed by atoms with Crippen molar-refractivity contribution in [2.75, 3.05) is 5.73 Å². The molecule has 0 bridgehead atoms. The van der Waals surface area contributed by atoms with Gasteiger partial charge in [0, 0.05) is 5.39 Å². The van der Waals surface area contributed by atoms with Gasteiger partial charge in [0.1, 0.15) is 16.9 Å². The van der Waals surface area contributed by atoms with Crippen LogP contribution in [0, 0.1) is 17.1 Å². The molecular weight excluding hydrogens is 223 g/mol. The lowest BCUT2D eigenvalue weighted by Gasteiger charge is -2.07. The molecule has 0 radical (unpaired) electrons. The van der Waals surface area contributed by atoms with Crippen molar-refractivity contribution in [2.24, 2.45) is 0 Å². The van der Waals surface area contributed by atoms with Crippen LogP contribution >= 0.6 is 11.3 Å². The van der Waals surface area contributed by atoms with Crippen LogP contribution in [-0.2, 0) is 0 Å². The third-order valence-electron chi connectivity index (χ3n) is 2.58. The zero-order chi connectivity index (χ0) is 11.9. The van der Waals surface area contributed by atoms with E-state index in [1.807, 2.05) is 13.8 Å². The first kappa shape index (κ1) is 10.9. The summed E-state index contributed by atoms with van der Waals surface area (Å²) in [6, 6.07) is 5.23. The SMILES string of the molecule is CC(C)c1ccc(F)c2sc(N)c(C#N)c12. The molecule has 0 unspecified atom stereocenters. The van der Waals surface area contributed by atoms with Crippen LogP contribution in [0.1, 0.15) is 30.9 Å². The highest BCUT2D eigenvalue weighted by molar-refractivity contribution is 7.23. The third-order valence-corrected chi connectivity index (χ3v) is 3.61. The van der Waals surface area contributed by atoms with Crippen LogP contribution in [0.5, 0.6) is 0 Å². The summed E-state index contributed by atoms with van der Waals surface area (Å²) in [5.41, 5.74) is 7.11. The van der Waals surface area contributed by atoms with Crippen LogP contribution in [0.3, 0.4) is 0 Å². The maximum Gasteiger partial charge on any atom is 0.141 e. The van der Waals surface area contributed by atoms with Gasteiger partial charge < -0.3 is 5.73 Å². The largest absolute Gasteiger partial charge is 0.389 e. The molecule has 2 nitrogen and oxygen atoms in total. The number of hydrogen-bond donors (Lipinski definition) is 1. The summed E-state index contributed by atoms with van der Waals surface area (Å²) >= 11 is 1.14. The van der Waals surface area contributed by atoms with Crippen molar-refractivity contribution in [1.29, 1.82) is 5.26 Å². The van der Waals surface area contributed by atoms with Crippen molar-refractivity contribution in [1.82, 2.24) is 0 Å². The molecule has 2 N–H and O–H groups in total. The van der Waals surface area contributed by atoms with Crippen molar-refractivity contribution >= 4 is 26.4 Å². The van der Waals surface area contributed by atoms with Crippen molar-refractivity contribution < 1.29 is 4.39 Å². The molecule has 82 valence electrons. The first-order valence-corrected chi connectivity index (χ1v) is 5.78. The Bertz CT molecular complexity index is 593. The fourth-order valence-corrected chi connectivity index (χ4v) is 2.76. The van der Waals surface area contributed by atoms with E-state index >= 15 is 0 Å². The summed E-state index contributed by atoms with van der Waals surface area (Å²) in [5.74, 6) is -0.0678. The molecule has 0 amide bonds. The first-order chi connectivity index (χ1) is 7.56. The molecule has 0 atom stereocenters. The second-order valence-corrected chi connectivity index (χ2v) is 5.00. The number of nitriles is 1. The first-order valence-electron chi connectivity index (χ1n) is 4.96. The van der Waals surface area contributed by atoms with Gasteiger partial charge in [-0.1, -0.05) is 19.9 Å². The van der Waals surface area contributed by atoms with E-state index in [-0.39, 0.29) is 11.7 Å². The van der Waals surface area contributed by atoms with E-state index in [4.69, 9.17) is 11.0 Å². The molecule has 16 heavy (non-hydrogen) atoms. The standard InChI is InChI=1S/C12H11FN2S/c1-6(2)7-3-4-9(13)11-10(7)8(5-14)12(15)16-11/h3-4,6H,15H2,1-2H3. The Morgan fingerprint density at radius 3 is 2.69 bits per heavy atom. The van der Waals surface area contributed by atoms with Gasteiger partial charge in [0.2, 0.25) is 0 Å². The van der Waals surface area contributed by atoms with Gasteiger partial charge in [-0.15, -0.1) is 11.3 Å². The van der Waals surface area contributed by atoms with E-state index in [0.717, 1.165) is 16.9 Å². The van der Waals surface area contributed by atoms with E-state index in [2.05, 4.69) is 6.07 Å². The Morgan fingerprint density at radius 1 is 1.44 bits per heavy atom. The molecule has 0 saturated heterocycles. The van der Waals surface area contributed by atoms with E-state index in [0.29, 0.717) is 20.7 Å². The Hall–Kier alpha value is -1.60. The second-order valence-electron chi connectivity index (χ2n) is 3.95. The molecule has 1 heterocycles. The van der Waals surface area contributed by atoms with Crippen molar-refractivity contribution in [3.05, 3.63) is 29.1 Å². The number of fused-ring (bicyclic) bond motifs is 1. The van der Waals surface area contributed by atoms with Crippen molar-refractivity contribution in [3.63, 3.8) is 0 Å². The topological polar surface area (TPSA) is 49.8 Å².